The number of carbonyl (C=O) groups is 2. The Hall–Kier alpha value is -2.05. The van der Waals surface area contributed by atoms with E-state index in [1.807, 2.05) is 0 Å². The standard InChI is InChI=1S/C13H13F3N2O2/c14-7-4-8(15)11(9(16)5-7)13(20)18-10(12(17)19)3-6-1-2-6/h4-6,10H,1-3H2,(H2,17,19)(H,18,20)/t10-/m0/s1. The fraction of sp³-hybridized carbons (Fsp3) is 0.385. The molecule has 0 saturated heterocycles. The minimum Gasteiger partial charge on any atom is -0.368 e. The van der Waals surface area contributed by atoms with Crippen molar-refractivity contribution in [3.8, 4) is 0 Å². The summed E-state index contributed by atoms with van der Waals surface area (Å²) in [4.78, 5) is 23.0. The van der Waals surface area contributed by atoms with Gasteiger partial charge in [0.15, 0.2) is 0 Å². The molecule has 2 amide bonds. The van der Waals surface area contributed by atoms with Gasteiger partial charge in [0, 0.05) is 12.1 Å². The van der Waals surface area contributed by atoms with Crippen LogP contribution in [0.25, 0.3) is 0 Å². The number of halogens is 3. The maximum atomic E-state index is 13.4. The molecule has 0 aromatic heterocycles. The van der Waals surface area contributed by atoms with Crippen molar-refractivity contribution in [2.75, 3.05) is 0 Å². The maximum absolute atomic E-state index is 13.4. The van der Waals surface area contributed by atoms with E-state index in [0.717, 1.165) is 12.8 Å². The quantitative estimate of drug-likeness (QED) is 0.860. The van der Waals surface area contributed by atoms with Crippen LogP contribution >= 0.6 is 0 Å². The zero-order valence-electron chi connectivity index (χ0n) is 10.5. The van der Waals surface area contributed by atoms with Crippen LogP contribution in [0.15, 0.2) is 12.1 Å². The summed E-state index contributed by atoms with van der Waals surface area (Å²) < 4.78 is 39.6. The van der Waals surface area contributed by atoms with Crippen LogP contribution in [0.4, 0.5) is 13.2 Å². The van der Waals surface area contributed by atoms with E-state index in [2.05, 4.69) is 5.32 Å². The molecule has 7 heteroatoms. The first kappa shape index (κ1) is 14.4. The third kappa shape index (κ3) is 3.28. The molecule has 1 fully saturated rings. The summed E-state index contributed by atoms with van der Waals surface area (Å²) in [5.41, 5.74) is 4.22. The van der Waals surface area contributed by atoms with E-state index < -0.39 is 40.9 Å². The van der Waals surface area contributed by atoms with Crippen molar-refractivity contribution in [3.05, 3.63) is 35.1 Å². The van der Waals surface area contributed by atoms with Gasteiger partial charge in [0.1, 0.15) is 29.1 Å². The van der Waals surface area contributed by atoms with Crippen LogP contribution < -0.4 is 11.1 Å². The summed E-state index contributed by atoms with van der Waals surface area (Å²) in [5, 5.41) is 2.19. The molecule has 20 heavy (non-hydrogen) atoms. The second-order valence-electron chi connectivity index (χ2n) is 4.85. The predicted molar refractivity (Wildman–Crippen MR) is 64.1 cm³/mol. The van der Waals surface area contributed by atoms with Crippen LogP contribution in [0.1, 0.15) is 29.6 Å². The second kappa shape index (κ2) is 5.52. The molecule has 1 aromatic rings. The van der Waals surface area contributed by atoms with Gasteiger partial charge in [0.2, 0.25) is 5.91 Å². The lowest BCUT2D eigenvalue weighted by molar-refractivity contribution is -0.120. The number of primary amides is 1. The molecule has 108 valence electrons. The van der Waals surface area contributed by atoms with Gasteiger partial charge < -0.3 is 11.1 Å². The number of benzene rings is 1. The maximum Gasteiger partial charge on any atom is 0.257 e. The highest BCUT2D eigenvalue weighted by molar-refractivity contribution is 5.97. The number of nitrogens with two attached hydrogens (primary N) is 1. The van der Waals surface area contributed by atoms with Crippen LogP contribution in [0.2, 0.25) is 0 Å². The molecule has 1 aliphatic carbocycles. The smallest absolute Gasteiger partial charge is 0.257 e. The number of nitrogens with one attached hydrogen (secondary N) is 1. The largest absolute Gasteiger partial charge is 0.368 e. The first-order chi connectivity index (χ1) is 9.38. The average molecular weight is 286 g/mol. The summed E-state index contributed by atoms with van der Waals surface area (Å²) in [6, 6.07) is -0.185. The Morgan fingerprint density at radius 3 is 2.25 bits per heavy atom. The zero-order chi connectivity index (χ0) is 14.9. The molecular formula is C13H13F3N2O2. The van der Waals surface area contributed by atoms with E-state index in [-0.39, 0.29) is 5.92 Å². The van der Waals surface area contributed by atoms with Gasteiger partial charge in [-0.25, -0.2) is 13.2 Å². The zero-order valence-corrected chi connectivity index (χ0v) is 10.5. The Labute approximate surface area is 113 Å². The first-order valence-corrected chi connectivity index (χ1v) is 6.13. The molecule has 0 bridgehead atoms. The highest BCUT2D eigenvalue weighted by atomic mass is 19.1. The van der Waals surface area contributed by atoms with Crippen molar-refractivity contribution in [3.63, 3.8) is 0 Å². The number of amides is 2. The monoisotopic (exact) mass is 286 g/mol. The number of rotatable bonds is 5. The first-order valence-electron chi connectivity index (χ1n) is 6.13. The average Bonchev–Trinajstić information content (AvgIpc) is 3.10. The van der Waals surface area contributed by atoms with Gasteiger partial charge in [-0.1, -0.05) is 12.8 Å². The normalized spacial score (nSPS) is 15.8. The molecule has 3 N–H and O–H groups in total. The fourth-order valence-electron chi connectivity index (χ4n) is 1.92. The summed E-state index contributed by atoms with van der Waals surface area (Å²) in [6.07, 6.45) is 2.20. The minimum atomic E-state index is -1.32. The third-order valence-electron chi connectivity index (χ3n) is 3.15. The number of carbonyl (C=O) groups excluding carboxylic acids is 2. The fourth-order valence-corrected chi connectivity index (χ4v) is 1.92. The van der Waals surface area contributed by atoms with E-state index in [4.69, 9.17) is 5.73 Å². The van der Waals surface area contributed by atoms with Gasteiger partial charge in [-0.2, -0.15) is 0 Å². The third-order valence-corrected chi connectivity index (χ3v) is 3.15. The van der Waals surface area contributed by atoms with Crippen molar-refractivity contribution in [2.24, 2.45) is 11.7 Å². The summed E-state index contributed by atoms with van der Waals surface area (Å²) >= 11 is 0. The predicted octanol–water partition coefficient (Wildman–Crippen LogP) is 1.49. The summed E-state index contributed by atoms with van der Waals surface area (Å²) in [5.74, 6) is -5.38. The van der Waals surface area contributed by atoms with Crippen molar-refractivity contribution in [1.29, 1.82) is 0 Å². The molecule has 1 aliphatic rings. The Balaban J connectivity index is 2.15. The Morgan fingerprint density at radius 2 is 1.80 bits per heavy atom. The highest BCUT2D eigenvalue weighted by Gasteiger charge is 2.30. The molecule has 0 spiro atoms. The molecule has 0 unspecified atom stereocenters. The van der Waals surface area contributed by atoms with Crippen LogP contribution in [-0.4, -0.2) is 17.9 Å². The molecule has 2 rings (SSSR count). The molecule has 0 aliphatic heterocycles. The van der Waals surface area contributed by atoms with Gasteiger partial charge in [0.25, 0.3) is 5.91 Å². The lowest BCUT2D eigenvalue weighted by Crippen LogP contribution is -2.45. The Morgan fingerprint density at radius 1 is 1.25 bits per heavy atom. The molecule has 1 aromatic carbocycles. The van der Waals surface area contributed by atoms with Crippen LogP contribution in [-0.2, 0) is 4.79 Å². The summed E-state index contributed by atoms with van der Waals surface area (Å²) in [7, 11) is 0. The molecule has 4 nitrogen and oxygen atoms in total. The minimum absolute atomic E-state index is 0.288. The van der Waals surface area contributed by atoms with E-state index in [0.29, 0.717) is 18.6 Å². The molecule has 1 atom stereocenters. The van der Waals surface area contributed by atoms with Gasteiger partial charge in [0.05, 0.1) is 0 Å². The van der Waals surface area contributed by atoms with Crippen LogP contribution in [0.3, 0.4) is 0 Å². The number of hydrogen-bond acceptors (Lipinski definition) is 2. The lowest BCUT2D eigenvalue weighted by Gasteiger charge is -2.15. The second-order valence-corrected chi connectivity index (χ2v) is 4.85. The van der Waals surface area contributed by atoms with Crippen LogP contribution in [0, 0.1) is 23.4 Å². The topological polar surface area (TPSA) is 72.2 Å². The van der Waals surface area contributed by atoms with Crippen molar-refractivity contribution in [1.82, 2.24) is 5.32 Å². The van der Waals surface area contributed by atoms with Gasteiger partial charge >= 0.3 is 0 Å². The van der Waals surface area contributed by atoms with Gasteiger partial charge in [-0.15, -0.1) is 0 Å². The molecule has 0 heterocycles. The SMILES string of the molecule is NC(=O)[C@H](CC1CC1)NC(=O)c1c(F)cc(F)cc1F. The number of hydrogen-bond donors (Lipinski definition) is 2. The molecular weight excluding hydrogens is 273 g/mol. The van der Waals surface area contributed by atoms with Gasteiger partial charge in [-0.3, -0.25) is 9.59 Å². The van der Waals surface area contributed by atoms with Crippen molar-refractivity contribution < 1.29 is 22.8 Å². The van der Waals surface area contributed by atoms with E-state index in [9.17, 15) is 22.8 Å². The van der Waals surface area contributed by atoms with Crippen LogP contribution in [0.5, 0.6) is 0 Å². The molecule has 1 saturated carbocycles. The lowest BCUT2D eigenvalue weighted by atomic mass is 10.1. The van der Waals surface area contributed by atoms with E-state index >= 15 is 0 Å². The van der Waals surface area contributed by atoms with E-state index in [1.165, 1.54) is 0 Å². The Kier molecular flexibility index (Phi) is 3.96. The van der Waals surface area contributed by atoms with Gasteiger partial charge in [-0.05, 0) is 12.3 Å². The Bertz CT molecular complexity index is 536. The van der Waals surface area contributed by atoms with Crippen molar-refractivity contribution in [2.45, 2.75) is 25.3 Å². The summed E-state index contributed by atoms with van der Waals surface area (Å²) in [6.45, 7) is 0. The highest BCUT2D eigenvalue weighted by Crippen LogP contribution is 2.33. The van der Waals surface area contributed by atoms with E-state index in [1.54, 1.807) is 0 Å². The molecule has 0 radical (unpaired) electrons. The van der Waals surface area contributed by atoms with Crippen molar-refractivity contribution >= 4 is 11.8 Å².